The molecule has 11 nitrogen and oxygen atoms in total. The van der Waals surface area contributed by atoms with E-state index < -0.39 is 10.0 Å². The van der Waals surface area contributed by atoms with Crippen molar-refractivity contribution in [1.29, 1.82) is 0 Å². The highest BCUT2D eigenvalue weighted by molar-refractivity contribution is 7.89. The molecule has 3 aromatic rings. The van der Waals surface area contributed by atoms with Crippen LogP contribution in [0.1, 0.15) is 19.0 Å². The number of benzene rings is 1. The molecule has 0 bridgehead atoms. The summed E-state index contributed by atoms with van der Waals surface area (Å²) in [4.78, 5) is 22.6. The summed E-state index contributed by atoms with van der Waals surface area (Å²) in [6.07, 6.45) is 0.943. The highest BCUT2D eigenvalue weighted by atomic mass is 32.2. The number of aliphatic hydroxyl groups is 1. The lowest BCUT2D eigenvalue weighted by atomic mass is 10.1. The Balaban J connectivity index is 1.84. The summed E-state index contributed by atoms with van der Waals surface area (Å²) in [6, 6.07) is 4.63. The topological polar surface area (TPSA) is 134 Å². The quantitative estimate of drug-likeness (QED) is 0.469. The molecule has 184 valence electrons. The average Bonchev–Trinajstić information content (AvgIpc) is 3.14. The third-order valence-corrected chi connectivity index (χ3v) is 7.83. The van der Waals surface area contributed by atoms with Gasteiger partial charge in [0, 0.05) is 39.8 Å². The molecule has 1 aliphatic rings. The molecule has 1 aliphatic heterocycles. The third kappa shape index (κ3) is 4.58. The van der Waals surface area contributed by atoms with Crippen LogP contribution >= 0.6 is 0 Å². The van der Waals surface area contributed by atoms with Crippen LogP contribution in [-0.2, 0) is 23.5 Å². The van der Waals surface area contributed by atoms with Gasteiger partial charge in [-0.15, -0.1) is 0 Å². The van der Waals surface area contributed by atoms with Gasteiger partial charge in [-0.25, -0.2) is 13.4 Å². The van der Waals surface area contributed by atoms with Gasteiger partial charge in [-0.2, -0.15) is 9.40 Å². The van der Waals surface area contributed by atoms with E-state index in [1.165, 1.54) is 21.1 Å². The fourth-order valence-electron chi connectivity index (χ4n) is 4.10. The van der Waals surface area contributed by atoms with Crippen molar-refractivity contribution in [2.24, 2.45) is 7.05 Å². The number of aromatic nitrogens is 4. The number of hydrogen-bond donors (Lipinski definition) is 2. The van der Waals surface area contributed by atoms with Gasteiger partial charge in [0.25, 0.3) is 5.56 Å². The summed E-state index contributed by atoms with van der Waals surface area (Å²) in [6.45, 7) is 4.32. The lowest BCUT2D eigenvalue weighted by molar-refractivity contribution is 0.222. The molecule has 2 aromatic heterocycles. The number of rotatable bonds is 8. The molecule has 4 rings (SSSR count). The number of aromatic amines is 1. The zero-order valence-corrected chi connectivity index (χ0v) is 20.4. The normalized spacial score (nSPS) is 15.8. The van der Waals surface area contributed by atoms with Crippen molar-refractivity contribution >= 4 is 21.1 Å². The van der Waals surface area contributed by atoms with Crippen LogP contribution in [0.15, 0.2) is 27.9 Å². The number of nitrogens with one attached hydrogen (secondary N) is 1. The molecule has 0 aliphatic carbocycles. The summed E-state index contributed by atoms with van der Waals surface area (Å²) < 4.78 is 35.4. The van der Waals surface area contributed by atoms with Crippen LogP contribution in [0, 0.1) is 0 Å². The molecule has 0 unspecified atom stereocenters. The summed E-state index contributed by atoms with van der Waals surface area (Å²) in [5.41, 5.74) is 1.33. The second-order valence-electron chi connectivity index (χ2n) is 8.31. The predicted octanol–water partition coefficient (Wildman–Crippen LogP) is 0.583. The Hall–Kier alpha value is -2.80. The van der Waals surface area contributed by atoms with E-state index in [0.29, 0.717) is 73.7 Å². The van der Waals surface area contributed by atoms with Gasteiger partial charge in [-0.1, -0.05) is 0 Å². The van der Waals surface area contributed by atoms with E-state index in [1.807, 2.05) is 14.0 Å². The van der Waals surface area contributed by atoms with Crippen molar-refractivity contribution in [2.75, 3.05) is 46.4 Å². The Kier molecular flexibility index (Phi) is 7.03. The molecular formula is C22H30N6O5S. The zero-order valence-electron chi connectivity index (χ0n) is 19.6. The number of piperazine rings is 1. The second-order valence-corrected chi connectivity index (χ2v) is 10.2. The summed E-state index contributed by atoms with van der Waals surface area (Å²) in [7, 11) is -0.104. The molecule has 0 radical (unpaired) electrons. The lowest BCUT2D eigenvalue weighted by Gasteiger charge is -2.31. The van der Waals surface area contributed by atoms with E-state index >= 15 is 0 Å². The Morgan fingerprint density at radius 3 is 2.59 bits per heavy atom. The fraction of sp³-hybridized carbons (Fsp3) is 0.500. The lowest BCUT2D eigenvalue weighted by Crippen LogP contribution is -2.47. The third-order valence-electron chi connectivity index (χ3n) is 5.94. The second kappa shape index (κ2) is 9.82. The maximum absolute atomic E-state index is 13.3. The molecule has 0 spiro atoms. The first-order chi connectivity index (χ1) is 16.3. The highest BCUT2D eigenvalue weighted by Gasteiger charge is 2.29. The first kappa shape index (κ1) is 24.3. The minimum atomic E-state index is -3.73. The van der Waals surface area contributed by atoms with Crippen LogP contribution in [-0.4, -0.2) is 88.9 Å². The molecule has 12 heteroatoms. The molecule has 1 fully saturated rings. The molecular weight excluding hydrogens is 460 g/mol. The Morgan fingerprint density at radius 2 is 1.91 bits per heavy atom. The Bertz CT molecular complexity index is 1340. The van der Waals surface area contributed by atoms with Crippen molar-refractivity contribution < 1.29 is 18.3 Å². The van der Waals surface area contributed by atoms with Crippen LogP contribution in [0.2, 0.25) is 0 Å². The number of aliphatic hydroxyl groups excluding tert-OH is 1. The van der Waals surface area contributed by atoms with E-state index in [-0.39, 0.29) is 22.9 Å². The predicted molar refractivity (Wildman–Crippen MR) is 127 cm³/mol. The van der Waals surface area contributed by atoms with Crippen LogP contribution in [0.4, 0.5) is 0 Å². The number of ether oxygens (including phenoxy) is 1. The van der Waals surface area contributed by atoms with Crippen molar-refractivity contribution in [3.05, 3.63) is 34.2 Å². The van der Waals surface area contributed by atoms with Crippen LogP contribution in [0.25, 0.3) is 22.4 Å². The number of sulfonamides is 1. The van der Waals surface area contributed by atoms with Crippen LogP contribution < -0.4 is 10.3 Å². The highest BCUT2D eigenvalue weighted by Crippen LogP contribution is 2.32. The van der Waals surface area contributed by atoms with Gasteiger partial charge in [0.15, 0.2) is 5.52 Å². The van der Waals surface area contributed by atoms with Crippen molar-refractivity contribution in [3.8, 4) is 17.1 Å². The van der Waals surface area contributed by atoms with Crippen LogP contribution in [0.5, 0.6) is 5.75 Å². The van der Waals surface area contributed by atoms with Gasteiger partial charge in [0.05, 0.1) is 22.8 Å². The molecule has 1 saturated heterocycles. The minimum Gasteiger partial charge on any atom is -0.493 e. The summed E-state index contributed by atoms with van der Waals surface area (Å²) in [5.74, 6) is 0.623. The number of aryl methyl sites for hydroxylation is 2. The van der Waals surface area contributed by atoms with Gasteiger partial charge in [-0.3, -0.25) is 9.48 Å². The smallest absolute Gasteiger partial charge is 0.277 e. The van der Waals surface area contributed by atoms with Gasteiger partial charge in [-0.05, 0) is 45.0 Å². The maximum atomic E-state index is 13.3. The largest absolute Gasteiger partial charge is 0.493 e. The molecule has 2 N–H and O–H groups in total. The first-order valence-corrected chi connectivity index (χ1v) is 12.7. The minimum absolute atomic E-state index is 0.00516. The van der Waals surface area contributed by atoms with E-state index in [1.54, 1.807) is 13.1 Å². The van der Waals surface area contributed by atoms with Crippen LogP contribution in [0.3, 0.4) is 0 Å². The van der Waals surface area contributed by atoms with E-state index in [4.69, 9.17) is 4.74 Å². The number of nitrogens with zero attached hydrogens (tertiary/aromatic N) is 5. The summed E-state index contributed by atoms with van der Waals surface area (Å²) in [5, 5.41) is 13.6. The zero-order chi connectivity index (χ0) is 24.5. The van der Waals surface area contributed by atoms with Gasteiger partial charge < -0.3 is 19.7 Å². The number of likely N-dealkylation sites (N-methyl/N-ethyl adjacent to an activating group) is 1. The van der Waals surface area contributed by atoms with E-state index in [2.05, 4.69) is 20.0 Å². The van der Waals surface area contributed by atoms with Crippen molar-refractivity contribution in [1.82, 2.24) is 29.0 Å². The van der Waals surface area contributed by atoms with Crippen molar-refractivity contribution in [3.63, 3.8) is 0 Å². The van der Waals surface area contributed by atoms with Gasteiger partial charge in [0.2, 0.25) is 10.0 Å². The van der Waals surface area contributed by atoms with E-state index in [0.717, 1.165) is 0 Å². The van der Waals surface area contributed by atoms with Gasteiger partial charge >= 0.3 is 0 Å². The number of fused-ring (bicyclic) bond motifs is 1. The first-order valence-electron chi connectivity index (χ1n) is 11.3. The molecule has 3 heterocycles. The monoisotopic (exact) mass is 490 g/mol. The summed E-state index contributed by atoms with van der Waals surface area (Å²) >= 11 is 0. The molecule has 0 saturated carbocycles. The number of H-pyrrole nitrogens is 1. The maximum Gasteiger partial charge on any atom is 0.277 e. The fourth-order valence-corrected chi connectivity index (χ4v) is 5.55. The Labute approximate surface area is 198 Å². The van der Waals surface area contributed by atoms with E-state index in [9.17, 15) is 18.3 Å². The molecule has 0 amide bonds. The molecule has 1 aromatic carbocycles. The standard InChI is InChI=1S/C22H30N6O5S/c1-4-33-18-8-7-15(34(31,32)28-11-9-26(2)10-12-28)14-16(18)21-23-19-17(6-5-13-29)25-27(3)20(19)22(30)24-21/h7-8,14,29H,4-6,9-13H2,1-3H3,(H,23,24,30). The molecule has 0 atom stereocenters. The molecule has 34 heavy (non-hydrogen) atoms. The number of hydrogen-bond acceptors (Lipinski definition) is 8. The van der Waals surface area contributed by atoms with Gasteiger partial charge in [0.1, 0.15) is 17.1 Å². The van der Waals surface area contributed by atoms with Crippen molar-refractivity contribution in [2.45, 2.75) is 24.7 Å². The SMILES string of the molecule is CCOc1ccc(S(=O)(=O)N2CCN(C)CC2)cc1-c1nc2c(CCCO)nn(C)c2c(=O)[nH]1. The Morgan fingerprint density at radius 1 is 1.18 bits per heavy atom. The average molecular weight is 491 g/mol.